The molecule has 2 heterocycles. The van der Waals surface area contributed by atoms with Crippen molar-refractivity contribution in [1.82, 2.24) is 19.8 Å². The van der Waals surface area contributed by atoms with Crippen molar-refractivity contribution in [2.45, 2.75) is 19.8 Å². The average molecular weight is 621 g/mol. The van der Waals surface area contributed by atoms with Crippen LogP contribution >= 0.6 is 0 Å². The number of nitrogens with zero attached hydrogens (tertiary/aromatic N) is 5. The summed E-state index contributed by atoms with van der Waals surface area (Å²) < 4.78 is 40.9. The molecule has 0 saturated carbocycles. The van der Waals surface area contributed by atoms with Gasteiger partial charge in [-0.05, 0) is 91.8 Å². The van der Waals surface area contributed by atoms with E-state index in [4.69, 9.17) is 4.98 Å². The van der Waals surface area contributed by atoms with Gasteiger partial charge >= 0.3 is 12.4 Å². The van der Waals surface area contributed by atoms with Gasteiger partial charge < -0.3 is 30.5 Å². The Balaban J connectivity index is 1.17. The fourth-order valence-electron chi connectivity index (χ4n) is 4.83. The summed E-state index contributed by atoms with van der Waals surface area (Å²) in [6.07, 6.45) is -3.09. The third-order valence-electron chi connectivity index (χ3n) is 7.44. The molecule has 5 rings (SSSR count). The van der Waals surface area contributed by atoms with Gasteiger partial charge in [0.05, 0.1) is 0 Å². The second-order valence-electron chi connectivity index (χ2n) is 10.8. The number of aryl methyl sites for hydroxylation is 1. The van der Waals surface area contributed by atoms with Gasteiger partial charge in [0, 0.05) is 68.7 Å². The van der Waals surface area contributed by atoms with E-state index in [0.29, 0.717) is 23.1 Å². The molecule has 1 fully saturated rings. The van der Waals surface area contributed by atoms with Gasteiger partial charge in [-0.25, -0.2) is 9.78 Å². The highest BCUT2D eigenvalue weighted by Crippen LogP contribution is 2.27. The van der Waals surface area contributed by atoms with Crippen molar-refractivity contribution in [1.29, 1.82) is 0 Å². The van der Waals surface area contributed by atoms with Crippen molar-refractivity contribution in [3.8, 4) is 5.75 Å². The molecule has 45 heavy (non-hydrogen) atoms. The third kappa shape index (κ3) is 9.06. The molecule has 0 unspecified atom stereocenters. The van der Waals surface area contributed by atoms with Crippen LogP contribution in [0.25, 0.3) is 0 Å². The molecule has 0 spiro atoms. The molecular weight excluding hydrogens is 585 g/mol. The number of amides is 2. The third-order valence-corrected chi connectivity index (χ3v) is 7.44. The van der Waals surface area contributed by atoms with Crippen molar-refractivity contribution in [3.63, 3.8) is 0 Å². The molecule has 1 saturated heterocycles. The number of alkyl halides is 3. The van der Waals surface area contributed by atoms with Crippen LogP contribution in [0.2, 0.25) is 0 Å². The summed E-state index contributed by atoms with van der Waals surface area (Å²) in [7, 11) is 4.04. The number of hydrogen-bond acceptors (Lipinski definition) is 8. The smallest absolute Gasteiger partial charge is 0.406 e. The Hall–Kier alpha value is -4.88. The largest absolute Gasteiger partial charge is 0.573 e. The number of rotatable bonds is 9. The topological polar surface area (TPSA) is 97.9 Å². The van der Waals surface area contributed by atoms with Crippen molar-refractivity contribution < 1.29 is 22.7 Å². The van der Waals surface area contributed by atoms with E-state index < -0.39 is 12.4 Å². The van der Waals surface area contributed by atoms with Gasteiger partial charge in [0.25, 0.3) is 0 Å². The molecule has 3 aromatic carbocycles. The van der Waals surface area contributed by atoms with Crippen LogP contribution in [-0.2, 0) is 6.54 Å². The van der Waals surface area contributed by atoms with Crippen LogP contribution in [0.15, 0.2) is 79.0 Å². The Morgan fingerprint density at radius 2 is 1.53 bits per heavy atom. The van der Waals surface area contributed by atoms with Crippen LogP contribution in [0.3, 0.4) is 0 Å². The molecule has 0 aliphatic carbocycles. The Morgan fingerprint density at radius 3 is 2.18 bits per heavy atom. The van der Waals surface area contributed by atoms with Crippen molar-refractivity contribution >= 4 is 40.5 Å². The first-order chi connectivity index (χ1) is 21.5. The lowest BCUT2D eigenvalue weighted by Gasteiger charge is -2.32. The van der Waals surface area contributed by atoms with Gasteiger partial charge in [-0.1, -0.05) is 6.07 Å². The van der Waals surface area contributed by atoms with E-state index in [1.54, 1.807) is 18.3 Å². The second kappa shape index (κ2) is 13.8. The summed E-state index contributed by atoms with van der Waals surface area (Å²) in [6, 6.07) is 19.6. The number of aromatic nitrogens is 2. The zero-order chi connectivity index (χ0) is 32.0. The van der Waals surface area contributed by atoms with Gasteiger partial charge in [0.15, 0.2) is 0 Å². The number of halogens is 3. The van der Waals surface area contributed by atoms with Crippen LogP contribution < -0.4 is 25.6 Å². The monoisotopic (exact) mass is 620 g/mol. The predicted molar refractivity (Wildman–Crippen MR) is 170 cm³/mol. The summed E-state index contributed by atoms with van der Waals surface area (Å²) in [5, 5.41) is 8.61. The fourth-order valence-corrected chi connectivity index (χ4v) is 4.83. The molecule has 13 heteroatoms. The molecule has 1 aromatic heterocycles. The number of carbonyl (C=O) groups is 1. The normalized spacial score (nSPS) is 14.1. The molecule has 3 N–H and O–H groups in total. The van der Waals surface area contributed by atoms with Gasteiger partial charge in [0.2, 0.25) is 5.95 Å². The molecule has 1 aliphatic heterocycles. The minimum Gasteiger partial charge on any atom is -0.406 e. The van der Waals surface area contributed by atoms with E-state index in [9.17, 15) is 18.0 Å². The van der Waals surface area contributed by atoms with E-state index in [2.05, 4.69) is 61.6 Å². The Labute approximate surface area is 259 Å². The highest BCUT2D eigenvalue weighted by Gasteiger charge is 2.31. The lowest BCUT2D eigenvalue weighted by atomic mass is 10.1. The number of benzene rings is 3. The summed E-state index contributed by atoms with van der Waals surface area (Å²) in [5.41, 5.74) is 5.10. The highest BCUT2D eigenvalue weighted by molar-refractivity contribution is 5.99. The maximum atomic E-state index is 12.4. The second-order valence-corrected chi connectivity index (χ2v) is 10.8. The summed E-state index contributed by atoms with van der Waals surface area (Å²) in [4.78, 5) is 28.2. The first-order valence-corrected chi connectivity index (χ1v) is 14.4. The predicted octanol–water partition coefficient (Wildman–Crippen LogP) is 6.59. The van der Waals surface area contributed by atoms with Crippen LogP contribution in [0, 0.1) is 6.92 Å². The summed E-state index contributed by atoms with van der Waals surface area (Å²) in [6.45, 7) is 7.29. The van der Waals surface area contributed by atoms with Gasteiger partial charge in [-0.2, -0.15) is 4.98 Å². The standard InChI is InChI=1S/C32H35F3N8O2/c1-22-4-5-26(20-23(22)21-43-18-16-41(2)17-19-43)37-30-36-15-14-29(40-30)42(3)27-10-6-24(7-11-27)38-31(44)39-25-8-12-28(13-9-25)45-32(33,34)35/h4-15,20H,16-19,21H2,1-3H3,(H,36,37,40)(H2,38,39,44). The Bertz CT molecular complexity index is 1590. The molecule has 0 atom stereocenters. The number of ether oxygens (including phenoxy) is 1. The number of anilines is 6. The lowest BCUT2D eigenvalue weighted by Crippen LogP contribution is -2.43. The van der Waals surface area contributed by atoms with E-state index in [-0.39, 0.29) is 5.75 Å². The number of piperazine rings is 1. The number of urea groups is 1. The molecule has 1 aliphatic rings. The van der Waals surface area contributed by atoms with Gasteiger partial charge in [0.1, 0.15) is 11.6 Å². The van der Waals surface area contributed by atoms with Gasteiger partial charge in [-0.3, -0.25) is 4.90 Å². The molecule has 2 amide bonds. The zero-order valence-corrected chi connectivity index (χ0v) is 25.2. The van der Waals surface area contributed by atoms with Crippen LogP contribution in [-0.4, -0.2) is 72.4 Å². The molecular formula is C32H35F3N8O2. The van der Waals surface area contributed by atoms with Crippen LogP contribution in [0.4, 0.5) is 52.5 Å². The molecule has 10 nitrogen and oxygen atoms in total. The van der Waals surface area contributed by atoms with Crippen molar-refractivity contribution in [3.05, 3.63) is 90.1 Å². The van der Waals surface area contributed by atoms with E-state index in [1.165, 1.54) is 23.3 Å². The summed E-state index contributed by atoms with van der Waals surface area (Å²) >= 11 is 0. The summed E-state index contributed by atoms with van der Waals surface area (Å²) in [5.74, 6) is 0.774. The quantitative estimate of drug-likeness (QED) is 0.193. The van der Waals surface area contributed by atoms with Crippen LogP contribution in [0.1, 0.15) is 11.1 Å². The highest BCUT2D eigenvalue weighted by atomic mass is 19.4. The van der Waals surface area contributed by atoms with Crippen LogP contribution in [0.5, 0.6) is 5.75 Å². The van der Waals surface area contributed by atoms with Gasteiger partial charge in [-0.15, -0.1) is 13.2 Å². The first kappa shape index (κ1) is 31.5. The molecule has 4 aromatic rings. The average Bonchev–Trinajstić information content (AvgIpc) is 3.00. The first-order valence-electron chi connectivity index (χ1n) is 14.4. The maximum absolute atomic E-state index is 12.4. The van der Waals surface area contributed by atoms with E-state index in [0.717, 1.165) is 56.2 Å². The molecule has 0 bridgehead atoms. The number of likely N-dealkylation sites (N-methyl/N-ethyl adjacent to an activating group) is 1. The Kier molecular flexibility index (Phi) is 9.69. The minimum atomic E-state index is -4.78. The van der Waals surface area contributed by atoms with E-state index in [1.807, 2.05) is 36.2 Å². The van der Waals surface area contributed by atoms with E-state index >= 15 is 0 Å². The zero-order valence-electron chi connectivity index (χ0n) is 25.2. The molecule has 236 valence electrons. The fraction of sp³-hybridized carbons (Fsp3) is 0.281. The number of carbonyl (C=O) groups excluding carboxylic acids is 1. The SMILES string of the molecule is Cc1ccc(Nc2nccc(N(C)c3ccc(NC(=O)Nc4ccc(OC(F)(F)F)cc4)cc3)n2)cc1CN1CCN(C)CC1. The van der Waals surface area contributed by atoms with Crippen molar-refractivity contribution in [2.24, 2.45) is 0 Å². The molecule has 0 radical (unpaired) electrons. The Morgan fingerprint density at radius 1 is 0.911 bits per heavy atom. The van der Waals surface area contributed by atoms with Crippen molar-refractivity contribution in [2.75, 3.05) is 61.1 Å². The maximum Gasteiger partial charge on any atom is 0.573 e. The number of nitrogens with one attached hydrogen (secondary N) is 3. The lowest BCUT2D eigenvalue weighted by molar-refractivity contribution is -0.274. The number of hydrogen-bond donors (Lipinski definition) is 3. The minimum absolute atomic E-state index is 0.309.